The first kappa shape index (κ1) is 14.3. The number of carboxylic acids is 1. The van der Waals surface area contributed by atoms with Crippen molar-refractivity contribution in [1.82, 2.24) is 10.5 Å². The van der Waals surface area contributed by atoms with Crippen molar-refractivity contribution in [1.29, 1.82) is 0 Å². The van der Waals surface area contributed by atoms with Gasteiger partial charge in [0.15, 0.2) is 0 Å². The molecule has 1 amide bonds. The highest BCUT2D eigenvalue weighted by atomic mass is 32.1. The molecule has 0 spiro atoms. The fraction of sp³-hybridized carbons (Fsp3) is 0.308. The predicted molar refractivity (Wildman–Crippen MR) is 72.8 cm³/mol. The summed E-state index contributed by atoms with van der Waals surface area (Å²) in [6.07, 6.45) is 0.207. The van der Waals surface area contributed by atoms with Gasteiger partial charge < -0.3 is 14.9 Å². The van der Waals surface area contributed by atoms with Crippen molar-refractivity contribution >= 4 is 23.2 Å². The van der Waals surface area contributed by atoms with E-state index in [1.165, 1.54) is 6.07 Å². The second-order valence-electron chi connectivity index (χ2n) is 4.33. The maximum atomic E-state index is 11.8. The fourth-order valence-electron chi connectivity index (χ4n) is 1.75. The lowest BCUT2D eigenvalue weighted by atomic mass is 10.1. The summed E-state index contributed by atoms with van der Waals surface area (Å²) in [7, 11) is 0. The topological polar surface area (TPSA) is 92.4 Å². The molecular formula is C13H14N2O4S. The standard InChI is InChI=1S/C13H14N2O4S/c1-7-10(8(2)19-15-7)5-12(16)14-6-9-3-4-11(20-9)13(17)18/h3-4H,5-6H2,1-2H3,(H,14,16)(H,17,18). The summed E-state index contributed by atoms with van der Waals surface area (Å²) in [4.78, 5) is 23.6. The van der Waals surface area contributed by atoms with E-state index in [0.717, 1.165) is 21.8 Å². The second-order valence-corrected chi connectivity index (χ2v) is 5.50. The highest BCUT2D eigenvalue weighted by molar-refractivity contribution is 7.13. The number of aromatic nitrogens is 1. The van der Waals surface area contributed by atoms with Crippen LogP contribution in [0.4, 0.5) is 0 Å². The van der Waals surface area contributed by atoms with Crippen molar-refractivity contribution in [3.8, 4) is 0 Å². The molecular weight excluding hydrogens is 280 g/mol. The van der Waals surface area contributed by atoms with Crippen LogP contribution in [0.5, 0.6) is 0 Å². The molecule has 0 bridgehead atoms. The van der Waals surface area contributed by atoms with Crippen molar-refractivity contribution in [2.75, 3.05) is 0 Å². The van der Waals surface area contributed by atoms with E-state index in [1.54, 1.807) is 19.9 Å². The molecule has 0 aromatic carbocycles. The number of carboxylic acid groups (broad SMARTS) is 1. The Morgan fingerprint density at radius 3 is 2.70 bits per heavy atom. The van der Waals surface area contributed by atoms with Gasteiger partial charge in [-0.1, -0.05) is 5.16 Å². The van der Waals surface area contributed by atoms with Gasteiger partial charge in [-0.15, -0.1) is 11.3 Å². The Morgan fingerprint density at radius 2 is 2.15 bits per heavy atom. The predicted octanol–water partition coefficient (Wildman–Crippen LogP) is 1.91. The number of aromatic carboxylic acids is 1. The van der Waals surface area contributed by atoms with E-state index in [-0.39, 0.29) is 17.2 Å². The number of rotatable bonds is 5. The van der Waals surface area contributed by atoms with Gasteiger partial charge >= 0.3 is 5.97 Å². The number of carbonyl (C=O) groups excluding carboxylic acids is 1. The molecule has 2 N–H and O–H groups in total. The molecule has 0 aliphatic carbocycles. The van der Waals surface area contributed by atoms with E-state index < -0.39 is 5.97 Å². The molecule has 0 unspecified atom stereocenters. The Morgan fingerprint density at radius 1 is 1.40 bits per heavy atom. The van der Waals surface area contributed by atoms with Crippen LogP contribution < -0.4 is 5.32 Å². The van der Waals surface area contributed by atoms with Gasteiger partial charge in [0.05, 0.1) is 18.7 Å². The summed E-state index contributed by atoms with van der Waals surface area (Å²) in [5, 5.41) is 15.4. The Kier molecular flexibility index (Phi) is 4.19. The van der Waals surface area contributed by atoms with Gasteiger partial charge in [0.25, 0.3) is 0 Å². The van der Waals surface area contributed by atoms with E-state index in [0.29, 0.717) is 18.0 Å². The zero-order valence-electron chi connectivity index (χ0n) is 11.1. The minimum Gasteiger partial charge on any atom is -0.477 e. The summed E-state index contributed by atoms with van der Waals surface area (Å²) >= 11 is 1.15. The minimum atomic E-state index is -0.955. The maximum Gasteiger partial charge on any atom is 0.345 e. The molecule has 2 heterocycles. The highest BCUT2D eigenvalue weighted by Crippen LogP contribution is 2.16. The number of amides is 1. The average molecular weight is 294 g/mol. The van der Waals surface area contributed by atoms with Crippen LogP contribution in [0.2, 0.25) is 0 Å². The number of nitrogens with one attached hydrogen (secondary N) is 1. The highest BCUT2D eigenvalue weighted by Gasteiger charge is 2.13. The number of carbonyl (C=O) groups is 2. The largest absolute Gasteiger partial charge is 0.477 e. The van der Waals surface area contributed by atoms with Gasteiger partial charge in [0.1, 0.15) is 10.6 Å². The molecule has 0 saturated carbocycles. The number of aryl methyl sites for hydroxylation is 2. The van der Waals surface area contributed by atoms with Crippen molar-refractivity contribution in [3.05, 3.63) is 38.9 Å². The van der Waals surface area contributed by atoms with E-state index in [2.05, 4.69) is 10.5 Å². The Labute approximate surface area is 119 Å². The number of nitrogens with zero attached hydrogens (tertiary/aromatic N) is 1. The lowest BCUT2D eigenvalue weighted by molar-refractivity contribution is -0.120. The summed E-state index contributed by atoms with van der Waals surface area (Å²) in [5.41, 5.74) is 1.50. The van der Waals surface area contributed by atoms with Gasteiger partial charge in [-0.05, 0) is 26.0 Å². The first-order valence-corrected chi connectivity index (χ1v) is 6.79. The zero-order valence-corrected chi connectivity index (χ0v) is 11.9. The zero-order chi connectivity index (χ0) is 14.7. The molecule has 7 heteroatoms. The number of hydrogen-bond donors (Lipinski definition) is 2. The van der Waals surface area contributed by atoms with Crippen LogP contribution in [0, 0.1) is 13.8 Å². The van der Waals surface area contributed by atoms with Crippen LogP contribution in [0.25, 0.3) is 0 Å². The smallest absolute Gasteiger partial charge is 0.345 e. The molecule has 0 atom stereocenters. The molecule has 2 aromatic rings. The van der Waals surface area contributed by atoms with E-state index in [9.17, 15) is 9.59 Å². The third-order valence-corrected chi connectivity index (χ3v) is 3.92. The first-order chi connectivity index (χ1) is 9.47. The van der Waals surface area contributed by atoms with Gasteiger partial charge in [0, 0.05) is 10.4 Å². The first-order valence-electron chi connectivity index (χ1n) is 5.98. The van der Waals surface area contributed by atoms with Gasteiger partial charge in [-0.3, -0.25) is 4.79 Å². The number of hydrogen-bond acceptors (Lipinski definition) is 5. The summed E-state index contributed by atoms with van der Waals surface area (Å²) < 4.78 is 5.00. The van der Waals surface area contributed by atoms with Crippen molar-refractivity contribution in [2.24, 2.45) is 0 Å². The lowest BCUT2D eigenvalue weighted by Gasteiger charge is -2.03. The van der Waals surface area contributed by atoms with E-state index >= 15 is 0 Å². The third kappa shape index (κ3) is 3.24. The third-order valence-electron chi connectivity index (χ3n) is 2.85. The number of thiophene rings is 1. The van der Waals surface area contributed by atoms with Crippen LogP contribution in [-0.2, 0) is 17.8 Å². The van der Waals surface area contributed by atoms with Crippen LogP contribution in [0.3, 0.4) is 0 Å². The SMILES string of the molecule is Cc1noc(C)c1CC(=O)NCc1ccc(C(=O)O)s1. The van der Waals surface area contributed by atoms with Crippen molar-refractivity contribution in [2.45, 2.75) is 26.8 Å². The van der Waals surface area contributed by atoms with Gasteiger partial charge in [-0.2, -0.15) is 0 Å². The van der Waals surface area contributed by atoms with Crippen molar-refractivity contribution in [3.63, 3.8) is 0 Å². The molecule has 0 aliphatic rings. The van der Waals surface area contributed by atoms with Gasteiger partial charge in [0.2, 0.25) is 5.91 Å². The summed E-state index contributed by atoms with van der Waals surface area (Å²) in [6.45, 7) is 3.87. The quantitative estimate of drug-likeness (QED) is 0.878. The molecule has 6 nitrogen and oxygen atoms in total. The maximum absolute atomic E-state index is 11.8. The Balaban J connectivity index is 1.90. The Hall–Kier alpha value is -2.15. The van der Waals surface area contributed by atoms with Gasteiger partial charge in [-0.25, -0.2) is 4.79 Å². The molecule has 0 aliphatic heterocycles. The van der Waals surface area contributed by atoms with E-state index in [4.69, 9.17) is 9.63 Å². The molecule has 106 valence electrons. The lowest BCUT2D eigenvalue weighted by Crippen LogP contribution is -2.24. The molecule has 0 fully saturated rings. The molecule has 2 aromatic heterocycles. The molecule has 0 saturated heterocycles. The van der Waals surface area contributed by atoms with Crippen LogP contribution in [0.1, 0.15) is 31.6 Å². The molecule has 20 heavy (non-hydrogen) atoms. The fourth-order valence-corrected chi connectivity index (χ4v) is 2.54. The van der Waals surface area contributed by atoms with Crippen molar-refractivity contribution < 1.29 is 19.2 Å². The van der Waals surface area contributed by atoms with Crippen LogP contribution >= 0.6 is 11.3 Å². The summed E-state index contributed by atoms with van der Waals surface area (Å²) in [5.74, 6) is -0.463. The monoisotopic (exact) mass is 294 g/mol. The minimum absolute atomic E-state index is 0.148. The van der Waals surface area contributed by atoms with Crippen LogP contribution in [0.15, 0.2) is 16.7 Å². The molecule has 0 radical (unpaired) electrons. The molecule has 2 rings (SSSR count). The van der Waals surface area contributed by atoms with Crippen LogP contribution in [-0.4, -0.2) is 22.1 Å². The summed E-state index contributed by atoms with van der Waals surface area (Å²) in [6, 6.07) is 3.23. The average Bonchev–Trinajstić information content (AvgIpc) is 2.98. The Bertz CT molecular complexity index is 625. The normalized spacial score (nSPS) is 10.5. The van der Waals surface area contributed by atoms with E-state index in [1.807, 2.05) is 0 Å². The second kappa shape index (κ2) is 5.87.